The molecule has 0 amide bonds. The van der Waals surface area contributed by atoms with Crippen LogP contribution in [0.2, 0.25) is 0 Å². The predicted molar refractivity (Wildman–Crippen MR) is 226 cm³/mol. The molecule has 52 heavy (non-hydrogen) atoms. The van der Waals surface area contributed by atoms with E-state index >= 15 is 0 Å². The van der Waals surface area contributed by atoms with Gasteiger partial charge in [-0.15, -0.1) is 0 Å². The van der Waals surface area contributed by atoms with E-state index in [0.717, 1.165) is 25.7 Å². The molecule has 2 heterocycles. The summed E-state index contributed by atoms with van der Waals surface area (Å²) in [5, 5.41) is 4.73. The molecule has 0 spiro atoms. The Hall–Kier alpha value is -5.23. The van der Waals surface area contributed by atoms with Gasteiger partial charge in [0.15, 0.2) is 0 Å². The van der Waals surface area contributed by atoms with Crippen molar-refractivity contribution in [3.63, 3.8) is 0 Å². The number of aryl methyl sites for hydroxylation is 2. The van der Waals surface area contributed by atoms with Crippen molar-refractivity contribution >= 4 is 47.0 Å². The summed E-state index contributed by atoms with van der Waals surface area (Å²) in [5.74, 6) is 0. The van der Waals surface area contributed by atoms with Crippen molar-refractivity contribution in [3.05, 3.63) is 196 Å². The molecule has 0 saturated heterocycles. The molecule has 2 aliphatic heterocycles. The van der Waals surface area contributed by atoms with Crippen LogP contribution in [-0.2, 0) is 18.3 Å². The van der Waals surface area contributed by atoms with Gasteiger partial charge < -0.3 is 0 Å². The van der Waals surface area contributed by atoms with Gasteiger partial charge in [-0.2, -0.15) is 0 Å². The summed E-state index contributed by atoms with van der Waals surface area (Å²) in [7, 11) is -2.15. The summed E-state index contributed by atoms with van der Waals surface area (Å²) in [6, 6.07) is 52.7. The molecule has 254 valence electrons. The Morgan fingerprint density at radius 2 is 1.17 bits per heavy atom. The van der Waals surface area contributed by atoms with E-state index < -0.39 is 7.26 Å². The number of rotatable bonds is 4. The Bertz CT molecular complexity index is 2470. The van der Waals surface area contributed by atoms with Crippen molar-refractivity contribution in [1.82, 2.24) is 0 Å². The van der Waals surface area contributed by atoms with Gasteiger partial charge in [0.05, 0.1) is 0 Å². The normalized spacial score (nSPS) is 18.1. The quantitative estimate of drug-likeness (QED) is 0.132. The van der Waals surface area contributed by atoms with Crippen molar-refractivity contribution in [2.24, 2.45) is 0 Å². The number of benzene rings is 6. The fraction of sp³-hybridized carbons (Fsp3) is 0.160. The minimum atomic E-state index is -2.15. The Morgan fingerprint density at radius 1 is 0.558 bits per heavy atom. The van der Waals surface area contributed by atoms with Crippen LogP contribution >= 0.6 is 7.26 Å². The number of anilines is 2. The molecule has 4 aliphatic rings. The maximum absolute atomic E-state index is 2.60. The molecule has 6 aromatic rings. The van der Waals surface area contributed by atoms with E-state index in [-0.39, 0.29) is 5.41 Å². The van der Waals surface area contributed by atoms with Crippen molar-refractivity contribution < 1.29 is 0 Å². The number of hydrogen-bond donors (Lipinski definition) is 0. The number of hydrogen-bond acceptors (Lipinski definition) is 1. The van der Waals surface area contributed by atoms with E-state index in [9.17, 15) is 0 Å². The Kier molecular flexibility index (Phi) is 7.21. The molecule has 6 aromatic carbocycles. The Morgan fingerprint density at radius 3 is 1.92 bits per heavy atom. The molecule has 0 atom stereocenters. The zero-order valence-electron chi connectivity index (χ0n) is 30.3. The predicted octanol–water partition coefficient (Wildman–Crippen LogP) is 11.8. The second-order valence-corrected chi connectivity index (χ2v) is 19.7. The van der Waals surface area contributed by atoms with Crippen LogP contribution in [0.5, 0.6) is 0 Å². The molecular formula is C50H44NP. The zero-order valence-corrected chi connectivity index (χ0v) is 31.3. The van der Waals surface area contributed by atoms with Crippen molar-refractivity contribution in [3.8, 4) is 11.1 Å². The first-order chi connectivity index (χ1) is 25.4. The molecule has 1 nitrogen and oxygen atoms in total. The van der Waals surface area contributed by atoms with Crippen LogP contribution in [0.3, 0.4) is 0 Å². The first-order valence-corrected chi connectivity index (χ1v) is 21.4. The number of nitrogens with zero attached hydrogens (tertiary/aromatic N) is 1. The van der Waals surface area contributed by atoms with Gasteiger partial charge in [0.2, 0.25) is 0 Å². The topological polar surface area (TPSA) is 3.24 Å². The maximum atomic E-state index is 2.60. The Balaban J connectivity index is 1.08. The van der Waals surface area contributed by atoms with Gasteiger partial charge in [0.1, 0.15) is 0 Å². The fourth-order valence-corrected chi connectivity index (χ4v) is 14.2. The first-order valence-electron chi connectivity index (χ1n) is 18.9. The van der Waals surface area contributed by atoms with Gasteiger partial charge in [0.25, 0.3) is 0 Å². The average Bonchev–Trinajstić information content (AvgIpc) is 3.48. The molecule has 2 heteroatoms. The van der Waals surface area contributed by atoms with Crippen molar-refractivity contribution in [2.75, 3.05) is 11.6 Å². The zero-order chi connectivity index (χ0) is 35.0. The third-order valence-electron chi connectivity index (χ3n) is 12.6. The molecular weight excluding hydrogens is 646 g/mol. The van der Waals surface area contributed by atoms with E-state index in [4.69, 9.17) is 0 Å². The second kappa shape index (κ2) is 11.9. The summed E-state index contributed by atoms with van der Waals surface area (Å²) >= 11 is 0. The van der Waals surface area contributed by atoms with Crippen LogP contribution in [0.4, 0.5) is 11.4 Å². The third kappa shape index (κ3) is 4.72. The molecule has 2 aliphatic carbocycles. The molecule has 0 radical (unpaired) electrons. The second-order valence-electron chi connectivity index (χ2n) is 15.7. The van der Waals surface area contributed by atoms with E-state index in [1.54, 1.807) is 10.6 Å². The van der Waals surface area contributed by atoms with Crippen LogP contribution in [0.1, 0.15) is 65.6 Å². The van der Waals surface area contributed by atoms with Gasteiger partial charge in [-0.25, -0.2) is 0 Å². The molecule has 0 fully saturated rings. The van der Waals surface area contributed by atoms with Crippen molar-refractivity contribution in [2.45, 2.75) is 44.9 Å². The minimum absolute atomic E-state index is 0.00182. The van der Waals surface area contributed by atoms with Gasteiger partial charge in [-0.1, -0.05) is 12.1 Å². The van der Waals surface area contributed by atoms with Gasteiger partial charge in [-0.3, -0.25) is 0 Å². The summed E-state index contributed by atoms with van der Waals surface area (Å²) in [6.07, 6.45) is 11.5. The van der Waals surface area contributed by atoms with E-state index in [0.29, 0.717) is 0 Å². The number of fused-ring (bicyclic) bond motifs is 7. The van der Waals surface area contributed by atoms with Gasteiger partial charge >= 0.3 is 298 Å². The van der Waals surface area contributed by atoms with Crippen LogP contribution in [-0.4, -0.2) is 6.66 Å². The molecule has 0 saturated carbocycles. The van der Waals surface area contributed by atoms with Gasteiger partial charge in [0, 0.05) is 0 Å². The van der Waals surface area contributed by atoms with Crippen molar-refractivity contribution in [1.29, 1.82) is 0 Å². The summed E-state index contributed by atoms with van der Waals surface area (Å²) in [5.41, 5.74) is 17.9. The summed E-state index contributed by atoms with van der Waals surface area (Å²) in [6.45, 7) is 7.32. The van der Waals surface area contributed by atoms with E-state index in [1.807, 2.05) is 0 Å². The summed E-state index contributed by atoms with van der Waals surface area (Å²) < 4.78 is 0. The van der Waals surface area contributed by atoms with Crippen LogP contribution in [0.25, 0.3) is 28.9 Å². The number of allylic oxidation sites excluding steroid dienone is 4. The molecule has 0 unspecified atom stereocenters. The van der Waals surface area contributed by atoms with Crippen LogP contribution in [0, 0.1) is 0 Å². The molecule has 0 N–H and O–H groups in total. The van der Waals surface area contributed by atoms with Crippen LogP contribution in [0.15, 0.2) is 157 Å². The van der Waals surface area contributed by atoms with Crippen LogP contribution < -0.4 is 15.5 Å². The van der Waals surface area contributed by atoms with E-state index in [2.05, 4.69) is 183 Å². The summed E-state index contributed by atoms with van der Waals surface area (Å²) in [4.78, 5) is 2.60. The molecule has 0 aromatic heterocycles. The number of para-hydroxylation sites is 2. The van der Waals surface area contributed by atoms with E-state index in [1.165, 1.54) is 78.0 Å². The van der Waals surface area contributed by atoms with Gasteiger partial charge in [-0.05, 0) is 0 Å². The average molecular weight is 690 g/mol. The molecule has 10 rings (SSSR count). The SMILES string of the molecule is CC1(C)c2ccccc2-c2ccc(/C=C/c3ccc4c(c3)C3=C(CCC(N5c6ccccc6CCc6ccccc65)=C3)[PH]4(C)c3ccccc3)cc21. The monoisotopic (exact) mass is 689 g/mol. The molecule has 0 bridgehead atoms. The Labute approximate surface area is 309 Å². The first kappa shape index (κ1) is 31.5. The standard InChI is InChI=1S/C50H44NP/c1-50(2)44-18-10-9-17-40(44)41-28-23-35(32-45(41)50)22-21-34-24-29-48-42(31-34)43-33-38(27-30-49(43)52(48,3)39-15-5-4-6-16-39)51-46-19-11-7-13-36(46)25-26-37-14-8-12-20-47(37)51/h4-24,28-29,31-33,52H,25-27,30H2,1-3H3/b22-21+. The third-order valence-corrected chi connectivity index (χ3v) is 17.3. The fourth-order valence-electron chi connectivity index (χ4n) is 9.85.